The number of amides is 1. The maximum atomic E-state index is 11.9. The van der Waals surface area contributed by atoms with Crippen molar-refractivity contribution >= 4 is 34.4 Å². The molecule has 0 aliphatic carbocycles. The molecule has 7 nitrogen and oxygen atoms in total. The average Bonchev–Trinajstić information content (AvgIpc) is 3.35. The lowest BCUT2D eigenvalue weighted by atomic mass is 9.94. The van der Waals surface area contributed by atoms with E-state index < -0.39 is 11.0 Å². The molecule has 1 aliphatic heterocycles. The molecule has 1 heterocycles. The molecule has 1 atom stereocenters. The fourth-order valence-corrected chi connectivity index (χ4v) is 5.47. The molecule has 0 spiro atoms. The van der Waals surface area contributed by atoms with Crippen LogP contribution in [0.25, 0.3) is 16.0 Å². The number of hydrogen-bond acceptors (Lipinski definition) is 7. The first kappa shape index (κ1) is 37.1. The van der Waals surface area contributed by atoms with Gasteiger partial charge in [0.15, 0.2) is 11.0 Å². The third-order valence-corrected chi connectivity index (χ3v) is 7.89. The van der Waals surface area contributed by atoms with Crippen molar-refractivity contribution in [3.8, 4) is 22.6 Å². The number of ether oxygens (including phenoxy) is 2. The minimum Gasteiger partial charge on any atom is -0.493 e. The van der Waals surface area contributed by atoms with Gasteiger partial charge in [-0.1, -0.05) is 63.9 Å². The molecule has 0 saturated heterocycles. The largest absolute Gasteiger partial charge is 0.493 e. The van der Waals surface area contributed by atoms with Gasteiger partial charge in [-0.05, 0) is 89.7 Å². The second-order valence-electron chi connectivity index (χ2n) is 10.5. The molecule has 4 rings (SSSR count). The lowest BCUT2D eigenvalue weighted by Gasteiger charge is -2.17. The summed E-state index contributed by atoms with van der Waals surface area (Å²) in [6.45, 7) is 10.9. The standard InChI is InChI=1S/C28H29NO6S.C4H10S.C3H8/c1-18-10-25(35-17-21(14-30)15-31)11-19(2)28(18)23-5-3-4-20(12-23)16-34-24-8-6-22(7-9-24)26-13-27(32)29-36(26)33;1-2-3-4-5;1-3-2/h3-13,21,30-31H,14-17H2,1-2H3,(H,29,32);5H,2-4H2,1H3;3H2,1-2H3. The van der Waals surface area contributed by atoms with E-state index in [1.807, 2.05) is 38.1 Å². The highest BCUT2D eigenvalue weighted by molar-refractivity contribution is 7.94. The van der Waals surface area contributed by atoms with Gasteiger partial charge in [0.1, 0.15) is 18.1 Å². The summed E-state index contributed by atoms with van der Waals surface area (Å²) in [7, 11) is -1.52. The van der Waals surface area contributed by atoms with E-state index in [1.54, 1.807) is 24.3 Å². The molecule has 240 valence electrons. The molecule has 0 saturated carbocycles. The van der Waals surface area contributed by atoms with Gasteiger partial charge in [-0.3, -0.25) is 9.52 Å². The van der Waals surface area contributed by atoms with Crippen LogP contribution in [0.15, 0.2) is 66.7 Å². The maximum Gasteiger partial charge on any atom is 0.257 e. The van der Waals surface area contributed by atoms with E-state index in [0.29, 0.717) is 28.6 Å². The summed E-state index contributed by atoms with van der Waals surface area (Å²) >= 11 is 4.00. The average molecular weight is 642 g/mol. The molecular weight excluding hydrogens is 595 g/mol. The third kappa shape index (κ3) is 11.8. The number of unbranched alkanes of at least 4 members (excludes halogenated alkanes) is 1. The molecule has 3 N–H and O–H groups in total. The Kier molecular flexibility index (Phi) is 16.9. The number of rotatable bonds is 12. The molecule has 0 radical (unpaired) electrons. The van der Waals surface area contributed by atoms with Crippen LogP contribution in [0.3, 0.4) is 0 Å². The van der Waals surface area contributed by atoms with Gasteiger partial charge >= 0.3 is 0 Å². The van der Waals surface area contributed by atoms with E-state index in [4.69, 9.17) is 9.47 Å². The first-order chi connectivity index (χ1) is 21.2. The zero-order chi connectivity index (χ0) is 32.5. The number of thiol groups is 1. The second-order valence-corrected chi connectivity index (χ2v) is 12.1. The first-order valence-corrected chi connectivity index (χ1v) is 16.8. The summed E-state index contributed by atoms with van der Waals surface area (Å²) < 4.78 is 26.0. The van der Waals surface area contributed by atoms with Gasteiger partial charge in [0, 0.05) is 12.0 Å². The predicted molar refractivity (Wildman–Crippen MR) is 184 cm³/mol. The smallest absolute Gasteiger partial charge is 0.257 e. The van der Waals surface area contributed by atoms with Crippen molar-refractivity contribution in [3.05, 3.63) is 89.0 Å². The molecule has 1 unspecified atom stereocenters. The Morgan fingerprint density at radius 3 is 2.02 bits per heavy atom. The molecule has 0 fully saturated rings. The first-order valence-electron chi connectivity index (χ1n) is 15.0. The van der Waals surface area contributed by atoms with Crippen LogP contribution in [0, 0.1) is 19.8 Å². The van der Waals surface area contributed by atoms with E-state index in [9.17, 15) is 19.2 Å². The summed E-state index contributed by atoms with van der Waals surface area (Å²) in [6.07, 6.45) is 5.12. The van der Waals surface area contributed by atoms with Crippen LogP contribution in [-0.2, 0) is 22.4 Å². The van der Waals surface area contributed by atoms with Gasteiger partial charge in [0.25, 0.3) is 5.91 Å². The molecule has 3 aromatic rings. The Bertz CT molecular complexity index is 1340. The highest BCUT2D eigenvalue weighted by Crippen LogP contribution is 2.32. The molecule has 0 aromatic heterocycles. The Morgan fingerprint density at radius 1 is 0.886 bits per heavy atom. The highest BCUT2D eigenvalue weighted by atomic mass is 32.2. The van der Waals surface area contributed by atoms with Crippen molar-refractivity contribution in [3.63, 3.8) is 0 Å². The molecule has 3 aromatic carbocycles. The summed E-state index contributed by atoms with van der Waals surface area (Å²) in [5, 5.41) is 18.5. The van der Waals surface area contributed by atoms with Gasteiger partial charge < -0.3 is 19.7 Å². The number of nitrogens with one attached hydrogen (secondary N) is 1. The number of carbonyl (C=O) groups excluding carboxylic acids is 1. The molecule has 1 aliphatic rings. The molecular formula is C35H47NO6S2. The van der Waals surface area contributed by atoms with Gasteiger partial charge in [-0.15, -0.1) is 0 Å². The van der Waals surface area contributed by atoms with Crippen molar-refractivity contribution in [1.29, 1.82) is 0 Å². The zero-order valence-corrected chi connectivity index (χ0v) is 28.2. The van der Waals surface area contributed by atoms with E-state index in [1.165, 1.54) is 25.3 Å². The maximum absolute atomic E-state index is 11.9. The van der Waals surface area contributed by atoms with Crippen LogP contribution in [0.2, 0.25) is 0 Å². The van der Waals surface area contributed by atoms with Gasteiger partial charge in [-0.2, -0.15) is 12.6 Å². The van der Waals surface area contributed by atoms with E-state index in [0.717, 1.165) is 33.6 Å². The number of carbonyl (C=O) groups is 1. The monoisotopic (exact) mass is 641 g/mol. The topological polar surface area (TPSA) is 105 Å². The van der Waals surface area contributed by atoms with E-state index >= 15 is 0 Å². The van der Waals surface area contributed by atoms with Crippen LogP contribution in [0.1, 0.15) is 62.3 Å². The van der Waals surface area contributed by atoms with Crippen molar-refractivity contribution in [2.45, 2.75) is 60.5 Å². The molecule has 0 bridgehead atoms. The Labute approximate surface area is 270 Å². The second kappa shape index (κ2) is 20.0. The lowest BCUT2D eigenvalue weighted by Crippen LogP contribution is -2.19. The summed E-state index contributed by atoms with van der Waals surface area (Å²) in [4.78, 5) is 11.9. The Balaban J connectivity index is 0.000000754. The minimum atomic E-state index is -1.52. The Morgan fingerprint density at radius 2 is 1.52 bits per heavy atom. The van der Waals surface area contributed by atoms with Crippen molar-refractivity contribution in [2.24, 2.45) is 5.92 Å². The number of aryl methyl sites for hydroxylation is 2. The van der Waals surface area contributed by atoms with Crippen molar-refractivity contribution in [2.75, 3.05) is 25.6 Å². The SMILES string of the molecule is CCC.CCCCS.Cc1cc(OCC(CO)CO)cc(C)c1-c1cccc(COc2ccc(C3=CC(=O)NS3=O)cc2)c1. The van der Waals surface area contributed by atoms with Crippen molar-refractivity contribution in [1.82, 2.24) is 4.72 Å². The molecule has 9 heteroatoms. The van der Waals surface area contributed by atoms with Gasteiger partial charge in [0.2, 0.25) is 0 Å². The fraction of sp³-hybridized carbons (Fsp3) is 0.400. The number of hydrogen-bond donors (Lipinski definition) is 4. The lowest BCUT2D eigenvalue weighted by molar-refractivity contribution is -0.114. The number of aliphatic hydroxyl groups excluding tert-OH is 2. The molecule has 44 heavy (non-hydrogen) atoms. The van der Waals surface area contributed by atoms with Crippen molar-refractivity contribution < 1.29 is 28.7 Å². The normalized spacial score (nSPS) is 13.7. The number of benzene rings is 3. The van der Waals surface area contributed by atoms with Crippen LogP contribution in [0.4, 0.5) is 0 Å². The van der Waals surface area contributed by atoms with Gasteiger partial charge in [0.05, 0.1) is 24.7 Å². The summed E-state index contributed by atoms with van der Waals surface area (Å²) in [5.74, 6) is 1.76. The highest BCUT2D eigenvalue weighted by Gasteiger charge is 2.20. The summed E-state index contributed by atoms with van der Waals surface area (Å²) in [6, 6.07) is 19.3. The van der Waals surface area contributed by atoms with E-state index in [-0.39, 0.29) is 31.6 Å². The minimum absolute atomic E-state index is 0.122. The fourth-order valence-electron chi connectivity index (χ4n) is 4.24. The molecule has 1 amide bonds. The quantitative estimate of drug-likeness (QED) is 0.162. The number of aliphatic hydroxyl groups is 2. The predicted octanol–water partition coefficient (Wildman–Crippen LogP) is 6.80. The van der Waals surface area contributed by atoms with Crippen LogP contribution in [0.5, 0.6) is 11.5 Å². The summed E-state index contributed by atoms with van der Waals surface area (Å²) in [5.41, 5.74) is 6.05. The van der Waals surface area contributed by atoms with E-state index in [2.05, 4.69) is 50.3 Å². The zero-order valence-electron chi connectivity index (χ0n) is 26.5. The van der Waals surface area contributed by atoms with Gasteiger partial charge in [-0.25, -0.2) is 4.21 Å². The van der Waals surface area contributed by atoms with Crippen LogP contribution >= 0.6 is 12.6 Å². The van der Waals surface area contributed by atoms with Crippen LogP contribution in [-0.4, -0.2) is 45.9 Å². The van der Waals surface area contributed by atoms with Crippen LogP contribution < -0.4 is 14.2 Å². The third-order valence-electron chi connectivity index (χ3n) is 6.44. The Hall–Kier alpha value is -3.11.